The highest BCUT2D eigenvalue weighted by atomic mass is 32.2. The molecule has 2 rings (SSSR count). The van der Waals surface area contributed by atoms with Gasteiger partial charge in [0.2, 0.25) is 21.8 Å². The number of ether oxygens (including phenoxy) is 1. The van der Waals surface area contributed by atoms with Crippen LogP contribution in [0.3, 0.4) is 0 Å². The summed E-state index contributed by atoms with van der Waals surface area (Å²) in [6.45, 7) is 6.43. The lowest BCUT2D eigenvalue weighted by Gasteiger charge is -2.30. The predicted octanol–water partition coefficient (Wildman–Crippen LogP) is 3.10. The number of hydrogen-bond donors (Lipinski definition) is 1. The number of aryl methyl sites for hydroxylation is 1. The number of nitrogens with zero attached hydrogens (tertiary/aromatic N) is 2. The van der Waals surface area contributed by atoms with E-state index in [0.717, 1.165) is 17.4 Å². The van der Waals surface area contributed by atoms with Crippen molar-refractivity contribution in [3.63, 3.8) is 0 Å². The van der Waals surface area contributed by atoms with E-state index in [1.54, 1.807) is 43.2 Å². The second kappa shape index (κ2) is 12.4. The molecule has 8 nitrogen and oxygen atoms in total. The number of likely N-dealkylation sites (N-methyl/N-ethyl adjacent to an activating group) is 1. The zero-order valence-corrected chi connectivity index (χ0v) is 21.4. The van der Waals surface area contributed by atoms with Crippen molar-refractivity contribution >= 4 is 27.5 Å². The molecule has 0 bridgehead atoms. The molecule has 0 aliphatic heterocycles. The average Bonchev–Trinajstić information content (AvgIpc) is 2.80. The van der Waals surface area contributed by atoms with Crippen molar-refractivity contribution in [2.75, 3.05) is 30.8 Å². The van der Waals surface area contributed by atoms with Gasteiger partial charge in [-0.2, -0.15) is 0 Å². The molecule has 0 radical (unpaired) electrons. The summed E-state index contributed by atoms with van der Waals surface area (Å²) in [5.41, 5.74) is 2.50. The van der Waals surface area contributed by atoms with Crippen LogP contribution in [0.1, 0.15) is 37.8 Å². The number of anilines is 1. The van der Waals surface area contributed by atoms with Crippen LogP contribution in [0.5, 0.6) is 5.75 Å². The van der Waals surface area contributed by atoms with Crippen LogP contribution < -0.4 is 14.4 Å². The Labute approximate surface area is 202 Å². The largest absolute Gasteiger partial charge is 0.497 e. The monoisotopic (exact) mass is 489 g/mol. The van der Waals surface area contributed by atoms with Gasteiger partial charge in [0.05, 0.1) is 19.1 Å². The van der Waals surface area contributed by atoms with E-state index in [1.807, 2.05) is 38.1 Å². The molecule has 1 N–H and O–H groups in total. The summed E-state index contributed by atoms with van der Waals surface area (Å²) >= 11 is 0. The molecule has 0 aliphatic carbocycles. The van der Waals surface area contributed by atoms with Gasteiger partial charge in [-0.25, -0.2) is 8.42 Å². The normalized spacial score (nSPS) is 12.0. The van der Waals surface area contributed by atoms with Crippen LogP contribution in [0.2, 0.25) is 0 Å². The summed E-state index contributed by atoms with van der Waals surface area (Å²) in [5, 5.41) is 2.78. The van der Waals surface area contributed by atoms with Gasteiger partial charge in [0.15, 0.2) is 0 Å². The van der Waals surface area contributed by atoms with Gasteiger partial charge in [-0.05, 0) is 62.6 Å². The summed E-state index contributed by atoms with van der Waals surface area (Å²) in [4.78, 5) is 27.3. The molecule has 1 atom stereocenters. The number of carbonyl (C=O) groups excluding carboxylic acids is 2. The van der Waals surface area contributed by atoms with Gasteiger partial charge >= 0.3 is 0 Å². The van der Waals surface area contributed by atoms with Crippen LogP contribution in [-0.4, -0.2) is 57.6 Å². The maximum atomic E-state index is 13.2. The summed E-state index contributed by atoms with van der Waals surface area (Å²) in [7, 11) is -2.00. The first-order valence-electron chi connectivity index (χ1n) is 11.3. The van der Waals surface area contributed by atoms with Crippen LogP contribution in [0.15, 0.2) is 48.5 Å². The molecule has 0 aromatic heterocycles. The molecule has 34 heavy (non-hydrogen) atoms. The van der Waals surface area contributed by atoms with Crippen LogP contribution in [0, 0.1) is 6.92 Å². The van der Waals surface area contributed by atoms with Crippen LogP contribution >= 0.6 is 0 Å². The Hall–Kier alpha value is -3.07. The molecule has 0 fully saturated rings. The number of rotatable bonds is 12. The average molecular weight is 490 g/mol. The van der Waals surface area contributed by atoms with Crippen molar-refractivity contribution in [2.45, 2.75) is 46.2 Å². The number of hydrogen-bond acceptors (Lipinski definition) is 5. The second-order valence-corrected chi connectivity index (χ2v) is 10.1. The van der Waals surface area contributed by atoms with Crippen molar-refractivity contribution in [1.82, 2.24) is 10.2 Å². The number of benzene rings is 2. The molecule has 0 heterocycles. The van der Waals surface area contributed by atoms with Gasteiger partial charge in [-0.15, -0.1) is 0 Å². The van der Waals surface area contributed by atoms with Gasteiger partial charge in [-0.3, -0.25) is 13.9 Å². The Morgan fingerprint density at radius 2 is 1.74 bits per heavy atom. The summed E-state index contributed by atoms with van der Waals surface area (Å²) in [6.07, 6.45) is 1.56. The van der Waals surface area contributed by atoms with Crippen molar-refractivity contribution in [2.24, 2.45) is 0 Å². The van der Waals surface area contributed by atoms with E-state index in [9.17, 15) is 18.0 Å². The number of sulfonamides is 1. The summed E-state index contributed by atoms with van der Waals surface area (Å²) in [6, 6.07) is 13.8. The van der Waals surface area contributed by atoms with E-state index < -0.39 is 16.1 Å². The van der Waals surface area contributed by atoms with Crippen molar-refractivity contribution in [3.8, 4) is 5.75 Å². The smallest absolute Gasteiger partial charge is 0.242 e. The van der Waals surface area contributed by atoms with E-state index in [0.29, 0.717) is 30.9 Å². The van der Waals surface area contributed by atoms with E-state index in [2.05, 4.69) is 5.32 Å². The van der Waals surface area contributed by atoms with Crippen LogP contribution in [0.4, 0.5) is 5.69 Å². The summed E-state index contributed by atoms with van der Waals surface area (Å²) < 4.78 is 31.2. The fourth-order valence-corrected chi connectivity index (χ4v) is 4.59. The third-order valence-electron chi connectivity index (χ3n) is 5.63. The highest BCUT2D eigenvalue weighted by Crippen LogP contribution is 2.22. The van der Waals surface area contributed by atoms with Gasteiger partial charge < -0.3 is 15.0 Å². The molecule has 2 amide bonds. The van der Waals surface area contributed by atoms with E-state index in [1.165, 1.54) is 4.31 Å². The number of methoxy groups -OCH3 is 1. The Balaban J connectivity index is 2.15. The van der Waals surface area contributed by atoms with Gasteiger partial charge in [0.1, 0.15) is 11.8 Å². The third kappa shape index (κ3) is 7.48. The molecule has 2 aromatic carbocycles. The zero-order valence-electron chi connectivity index (χ0n) is 20.6. The minimum absolute atomic E-state index is 0.109. The first-order chi connectivity index (χ1) is 16.1. The third-order valence-corrected chi connectivity index (χ3v) is 6.83. The van der Waals surface area contributed by atoms with Crippen molar-refractivity contribution < 1.29 is 22.7 Å². The van der Waals surface area contributed by atoms with E-state index in [-0.39, 0.29) is 24.8 Å². The lowest BCUT2D eigenvalue weighted by atomic mass is 10.1. The molecule has 0 spiro atoms. The highest BCUT2D eigenvalue weighted by Gasteiger charge is 2.26. The molecule has 9 heteroatoms. The fraction of sp³-hybridized carbons (Fsp3) is 0.440. The lowest BCUT2D eigenvalue weighted by Crippen LogP contribution is -2.47. The highest BCUT2D eigenvalue weighted by molar-refractivity contribution is 7.92. The topological polar surface area (TPSA) is 96.0 Å². The Kier molecular flexibility index (Phi) is 9.92. The Morgan fingerprint density at radius 3 is 2.29 bits per heavy atom. The zero-order chi connectivity index (χ0) is 25.3. The van der Waals surface area contributed by atoms with Crippen LogP contribution in [-0.2, 0) is 26.2 Å². The number of carbonyl (C=O) groups is 2. The molecular formula is C25H35N3O5S. The first kappa shape index (κ1) is 27.2. The predicted molar refractivity (Wildman–Crippen MR) is 134 cm³/mol. The Bertz CT molecular complexity index is 1070. The maximum absolute atomic E-state index is 13.2. The van der Waals surface area contributed by atoms with Crippen molar-refractivity contribution in [1.29, 1.82) is 0 Å². The van der Waals surface area contributed by atoms with E-state index in [4.69, 9.17) is 4.74 Å². The standard InChI is InChI=1S/C25H35N3O5S/c1-6-26-25(30)20(3)27(18-21-11-8-7-10-19(21)2)24(29)12-9-17-28(34(5,31)32)22-13-15-23(33-4)16-14-22/h7-8,10-11,13-16,20H,6,9,12,17-18H2,1-5H3,(H,26,30)/t20-/m1/s1. The van der Waals surface area contributed by atoms with Gasteiger partial charge in [-0.1, -0.05) is 24.3 Å². The molecule has 186 valence electrons. The number of nitrogens with one attached hydrogen (secondary N) is 1. The lowest BCUT2D eigenvalue weighted by molar-refractivity contribution is -0.140. The quantitative estimate of drug-likeness (QED) is 0.494. The van der Waals surface area contributed by atoms with Crippen molar-refractivity contribution in [3.05, 3.63) is 59.7 Å². The summed E-state index contributed by atoms with van der Waals surface area (Å²) in [5.74, 6) is 0.198. The van der Waals surface area contributed by atoms with Gasteiger partial charge in [0.25, 0.3) is 0 Å². The van der Waals surface area contributed by atoms with Gasteiger partial charge in [0, 0.05) is 26.1 Å². The molecule has 0 saturated carbocycles. The Morgan fingerprint density at radius 1 is 1.09 bits per heavy atom. The molecule has 0 unspecified atom stereocenters. The van der Waals surface area contributed by atoms with E-state index >= 15 is 0 Å². The minimum Gasteiger partial charge on any atom is -0.497 e. The minimum atomic E-state index is -3.54. The molecule has 0 saturated heterocycles. The van der Waals surface area contributed by atoms with Crippen LogP contribution in [0.25, 0.3) is 0 Å². The SMILES string of the molecule is CCNC(=O)[C@@H](C)N(Cc1ccccc1C)C(=O)CCCN(c1ccc(OC)cc1)S(C)(=O)=O. The first-order valence-corrected chi connectivity index (χ1v) is 13.2. The maximum Gasteiger partial charge on any atom is 0.242 e. The molecule has 2 aromatic rings. The molecule has 0 aliphatic rings. The second-order valence-electron chi connectivity index (χ2n) is 8.16. The molecular weight excluding hydrogens is 454 g/mol. The fourth-order valence-electron chi connectivity index (χ4n) is 3.63. The number of amides is 2.